The number of ether oxygens (including phenoxy) is 3. The largest absolute Gasteiger partial charge is 0.465 e. The number of aromatic amines is 2. The van der Waals surface area contributed by atoms with Crippen molar-refractivity contribution < 1.29 is 33.7 Å². The molecule has 8 rings (SSSR count). The molecule has 13 heteroatoms. The SMILES string of the molecule is CC(C)(C)OC(=O)N1CCC(C(CO)N2CCC(c3c[nH]c4ccccc34)CC2)CC1.CCOC(=O)C(C1CCN(C(=O)OC(C)(C)C)CC1)N1CCC(c2c[nH]c3ccccc23)CC1. The maximum atomic E-state index is 13.1. The molecule has 4 aliphatic rings. The van der Waals surface area contributed by atoms with Gasteiger partial charge in [0.15, 0.2) is 0 Å². The number of likely N-dealkylation sites (tertiary alicyclic amines) is 4. The number of aliphatic hydroxyl groups excluding tert-OH is 1. The van der Waals surface area contributed by atoms with Gasteiger partial charge in [0, 0.05) is 66.4 Å². The summed E-state index contributed by atoms with van der Waals surface area (Å²) in [5.74, 6) is 1.55. The summed E-state index contributed by atoms with van der Waals surface area (Å²) in [7, 11) is 0. The number of carbonyl (C=O) groups is 3. The van der Waals surface area contributed by atoms with E-state index >= 15 is 0 Å². The third-order valence-electron chi connectivity index (χ3n) is 14.1. The van der Waals surface area contributed by atoms with E-state index in [2.05, 4.69) is 80.7 Å². The van der Waals surface area contributed by atoms with Crippen molar-refractivity contribution in [3.63, 3.8) is 0 Å². The predicted molar refractivity (Wildman–Crippen MR) is 256 cm³/mol. The first-order chi connectivity index (χ1) is 31.1. The minimum absolute atomic E-state index is 0.122. The van der Waals surface area contributed by atoms with Gasteiger partial charge in [0.2, 0.25) is 0 Å². The Labute approximate surface area is 386 Å². The lowest BCUT2D eigenvalue weighted by Crippen LogP contribution is -2.53. The highest BCUT2D eigenvalue weighted by atomic mass is 16.6. The van der Waals surface area contributed by atoms with Gasteiger partial charge in [0.05, 0.1) is 13.2 Å². The zero-order valence-corrected chi connectivity index (χ0v) is 40.2. The second-order valence-corrected chi connectivity index (χ2v) is 20.8. The van der Waals surface area contributed by atoms with Gasteiger partial charge in [-0.15, -0.1) is 0 Å². The average molecular weight is 897 g/mol. The molecule has 4 saturated heterocycles. The average Bonchev–Trinajstić information content (AvgIpc) is 3.92. The van der Waals surface area contributed by atoms with Crippen molar-refractivity contribution in [1.29, 1.82) is 0 Å². The van der Waals surface area contributed by atoms with Crippen LogP contribution in [0.2, 0.25) is 0 Å². The number of piperidine rings is 4. The fourth-order valence-electron chi connectivity index (χ4n) is 10.8. The molecular formula is C52H76N6O7. The van der Waals surface area contributed by atoms with Crippen LogP contribution in [0.5, 0.6) is 0 Å². The van der Waals surface area contributed by atoms with Crippen LogP contribution in [0, 0.1) is 11.8 Å². The van der Waals surface area contributed by atoms with Crippen molar-refractivity contribution >= 4 is 40.0 Å². The van der Waals surface area contributed by atoms with Crippen LogP contribution < -0.4 is 0 Å². The van der Waals surface area contributed by atoms with E-state index in [-0.39, 0.29) is 42.8 Å². The van der Waals surface area contributed by atoms with Crippen LogP contribution in [0.3, 0.4) is 0 Å². The summed E-state index contributed by atoms with van der Waals surface area (Å²) in [6.07, 6.45) is 11.5. The van der Waals surface area contributed by atoms with Crippen molar-refractivity contribution in [2.24, 2.45) is 11.8 Å². The van der Waals surface area contributed by atoms with E-state index in [9.17, 15) is 19.5 Å². The normalized spacial score (nSPS) is 20.3. The first-order valence-corrected chi connectivity index (χ1v) is 24.5. The van der Waals surface area contributed by atoms with Gasteiger partial charge in [-0.05, 0) is 173 Å². The first kappa shape index (κ1) is 48.3. The maximum absolute atomic E-state index is 13.1. The molecule has 2 amide bonds. The molecule has 0 aliphatic carbocycles. The Hall–Kier alpha value is -4.59. The lowest BCUT2D eigenvalue weighted by Gasteiger charge is -2.43. The minimum atomic E-state index is -0.503. The van der Waals surface area contributed by atoms with Crippen molar-refractivity contribution in [1.82, 2.24) is 29.6 Å². The van der Waals surface area contributed by atoms with Crippen molar-refractivity contribution in [2.45, 2.75) is 135 Å². The number of amides is 2. The molecule has 65 heavy (non-hydrogen) atoms. The maximum Gasteiger partial charge on any atom is 0.410 e. The molecule has 13 nitrogen and oxygen atoms in total. The van der Waals surface area contributed by atoms with Gasteiger partial charge in [-0.25, -0.2) is 9.59 Å². The highest BCUT2D eigenvalue weighted by Gasteiger charge is 2.40. The molecule has 2 aromatic heterocycles. The number of benzene rings is 2. The van der Waals surface area contributed by atoms with Gasteiger partial charge in [0.1, 0.15) is 17.2 Å². The van der Waals surface area contributed by atoms with Crippen LogP contribution in [0.4, 0.5) is 9.59 Å². The van der Waals surface area contributed by atoms with Crippen LogP contribution in [0.15, 0.2) is 60.9 Å². The number of nitrogens with zero attached hydrogens (tertiary/aromatic N) is 4. The Bertz CT molecular complexity index is 2160. The molecule has 356 valence electrons. The minimum Gasteiger partial charge on any atom is -0.465 e. The number of carbonyl (C=O) groups excluding carboxylic acids is 3. The monoisotopic (exact) mass is 897 g/mol. The number of hydrogen-bond donors (Lipinski definition) is 3. The highest BCUT2D eigenvalue weighted by molar-refractivity contribution is 5.84. The zero-order chi connectivity index (χ0) is 46.3. The molecule has 0 saturated carbocycles. The zero-order valence-electron chi connectivity index (χ0n) is 40.2. The fourth-order valence-corrected chi connectivity index (χ4v) is 10.8. The molecule has 2 atom stereocenters. The Morgan fingerprint density at radius 2 is 1.03 bits per heavy atom. The number of nitrogens with one attached hydrogen (secondary N) is 2. The van der Waals surface area contributed by atoms with E-state index < -0.39 is 11.2 Å². The highest BCUT2D eigenvalue weighted by Crippen LogP contribution is 2.37. The lowest BCUT2D eigenvalue weighted by atomic mass is 9.84. The molecule has 0 radical (unpaired) electrons. The molecular weight excluding hydrogens is 821 g/mol. The van der Waals surface area contributed by atoms with Crippen molar-refractivity contribution in [2.75, 3.05) is 65.6 Å². The van der Waals surface area contributed by atoms with Crippen LogP contribution in [-0.4, -0.2) is 142 Å². The number of aliphatic hydroxyl groups is 1. The molecule has 4 aliphatic heterocycles. The second-order valence-electron chi connectivity index (χ2n) is 20.8. The number of para-hydroxylation sites is 2. The standard InChI is InChI=1S/C27H39N3O4.C25H37N3O3/c1-5-33-25(31)24(20-12-16-30(17-13-20)26(32)34-27(2,3)4)29-14-10-19(11-15-29)22-18-28-23-9-7-6-8-21(22)23;1-25(2,3)31-24(30)28-14-10-19(11-15-28)23(17-29)27-12-8-18(9-13-27)21-16-26-22-7-5-4-6-20(21)22/h6-9,18-20,24,28H,5,10-17H2,1-4H3;4-7,16,18-19,23,26,29H,8-15,17H2,1-3H3. The quantitative estimate of drug-likeness (QED) is 0.111. The lowest BCUT2D eigenvalue weighted by molar-refractivity contribution is -0.153. The first-order valence-electron chi connectivity index (χ1n) is 24.5. The molecule has 0 bridgehead atoms. The third kappa shape index (κ3) is 12.3. The Balaban J connectivity index is 0.000000195. The third-order valence-corrected chi connectivity index (χ3v) is 14.1. The summed E-state index contributed by atoms with van der Waals surface area (Å²) >= 11 is 0. The number of aromatic nitrogens is 2. The van der Waals surface area contributed by atoms with E-state index in [1.165, 1.54) is 32.9 Å². The molecule has 0 spiro atoms. The molecule has 4 aromatic rings. The molecule has 4 fully saturated rings. The Kier molecular flexibility index (Phi) is 15.9. The summed E-state index contributed by atoms with van der Waals surface area (Å²) < 4.78 is 16.6. The van der Waals surface area contributed by atoms with E-state index in [0.29, 0.717) is 50.5 Å². The van der Waals surface area contributed by atoms with Gasteiger partial charge in [0.25, 0.3) is 0 Å². The van der Waals surface area contributed by atoms with Crippen molar-refractivity contribution in [3.8, 4) is 0 Å². The van der Waals surface area contributed by atoms with Crippen molar-refractivity contribution in [3.05, 3.63) is 72.1 Å². The molecule has 2 aromatic carbocycles. The summed E-state index contributed by atoms with van der Waals surface area (Å²) in [6, 6.07) is 16.9. The van der Waals surface area contributed by atoms with Gasteiger partial charge < -0.3 is 39.1 Å². The van der Waals surface area contributed by atoms with Crippen LogP contribution >= 0.6 is 0 Å². The summed E-state index contributed by atoms with van der Waals surface area (Å²) in [5.41, 5.74) is 4.24. The smallest absolute Gasteiger partial charge is 0.410 e. The second kappa shape index (κ2) is 21.4. The van der Waals surface area contributed by atoms with E-state index in [0.717, 1.165) is 77.5 Å². The number of rotatable bonds is 9. The summed E-state index contributed by atoms with van der Waals surface area (Å²) in [6.45, 7) is 20.2. The van der Waals surface area contributed by atoms with Crippen LogP contribution in [0.1, 0.15) is 123 Å². The number of H-pyrrole nitrogens is 2. The van der Waals surface area contributed by atoms with E-state index in [1.54, 1.807) is 4.90 Å². The van der Waals surface area contributed by atoms with E-state index in [1.807, 2.05) is 53.4 Å². The molecule has 3 N–H and O–H groups in total. The number of esters is 1. The van der Waals surface area contributed by atoms with Crippen LogP contribution in [0.25, 0.3) is 21.8 Å². The van der Waals surface area contributed by atoms with E-state index in [4.69, 9.17) is 14.2 Å². The number of hydrogen-bond acceptors (Lipinski definition) is 9. The van der Waals surface area contributed by atoms with Gasteiger partial charge in [-0.1, -0.05) is 36.4 Å². The van der Waals surface area contributed by atoms with Gasteiger partial charge in [-0.2, -0.15) is 0 Å². The molecule has 6 heterocycles. The Morgan fingerprint density at radius 1 is 0.615 bits per heavy atom. The predicted octanol–water partition coefficient (Wildman–Crippen LogP) is 9.28. The summed E-state index contributed by atoms with van der Waals surface area (Å²) in [5, 5.41) is 12.8. The molecule has 2 unspecified atom stereocenters. The fraction of sp³-hybridized carbons (Fsp3) is 0.635. The summed E-state index contributed by atoms with van der Waals surface area (Å²) in [4.78, 5) is 53.1. The van der Waals surface area contributed by atoms with Gasteiger partial charge in [-0.3, -0.25) is 14.6 Å². The Morgan fingerprint density at radius 3 is 1.45 bits per heavy atom. The van der Waals surface area contributed by atoms with Gasteiger partial charge >= 0.3 is 18.2 Å². The topological polar surface area (TPSA) is 144 Å². The van der Waals surface area contributed by atoms with Crippen LogP contribution in [-0.2, 0) is 19.0 Å². The number of fused-ring (bicyclic) bond motifs is 2.